The molecule has 0 fully saturated rings. The Morgan fingerprint density at radius 2 is 1.71 bits per heavy atom. The maximum absolute atomic E-state index is 11.9. The molecule has 0 saturated carbocycles. The number of aryl methyl sites for hydroxylation is 1. The summed E-state index contributed by atoms with van der Waals surface area (Å²) in [6.07, 6.45) is 2.03. The molecule has 1 unspecified atom stereocenters. The van der Waals surface area contributed by atoms with Crippen molar-refractivity contribution in [2.24, 2.45) is 11.8 Å². The van der Waals surface area contributed by atoms with Crippen LogP contribution in [0.5, 0.6) is 0 Å². The van der Waals surface area contributed by atoms with E-state index in [0.717, 1.165) is 12.8 Å². The van der Waals surface area contributed by atoms with Gasteiger partial charge in [-0.25, -0.2) is 0 Å². The largest absolute Gasteiger partial charge is 0.468 e. The monoisotopic (exact) mass is 291 g/mol. The van der Waals surface area contributed by atoms with Gasteiger partial charge in [0.15, 0.2) is 0 Å². The number of methoxy groups -OCH3 is 1. The molecule has 0 heterocycles. The highest BCUT2D eigenvalue weighted by Gasteiger charge is 2.26. The number of rotatable bonds is 8. The molecule has 1 aromatic rings. The van der Waals surface area contributed by atoms with Crippen molar-refractivity contribution in [3.8, 4) is 0 Å². The van der Waals surface area contributed by atoms with E-state index in [-0.39, 0.29) is 17.9 Å². The number of carbonyl (C=O) groups is 1. The van der Waals surface area contributed by atoms with Gasteiger partial charge in [-0.15, -0.1) is 0 Å². The van der Waals surface area contributed by atoms with Gasteiger partial charge in [-0.3, -0.25) is 4.79 Å². The van der Waals surface area contributed by atoms with Crippen molar-refractivity contribution in [2.75, 3.05) is 7.11 Å². The first-order chi connectivity index (χ1) is 9.95. The SMILES string of the molecule is COC(=O)[C@@H](NC(CCc1ccccc1)C(C)C)C(C)C. The molecule has 21 heavy (non-hydrogen) atoms. The number of hydrogen-bond donors (Lipinski definition) is 1. The zero-order valence-corrected chi connectivity index (χ0v) is 13.9. The molecule has 118 valence electrons. The lowest BCUT2D eigenvalue weighted by Crippen LogP contribution is -2.49. The van der Waals surface area contributed by atoms with E-state index in [2.05, 4.69) is 43.4 Å². The Morgan fingerprint density at radius 3 is 2.19 bits per heavy atom. The Kier molecular flexibility index (Phi) is 7.44. The number of carbonyl (C=O) groups excluding carboxylic acids is 1. The van der Waals surface area contributed by atoms with Crippen LogP contribution < -0.4 is 5.32 Å². The van der Waals surface area contributed by atoms with Crippen LogP contribution >= 0.6 is 0 Å². The maximum Gasteiger partial charge on any atom is 0.323 e. The van der Waals surface area contributed by atoms with Gasteiger partial charge in [0.25, 0.3) is 0 Å². The van der Waals surface area contributed by atoms with Crippen LogP contribution in [0.1, 0.15) is 39.7 Å². The fraction of sp³-hybridized carbons (Fsp3) is 0.611. The number of esters is 1. The third kappa shape index (κ3) is 5.88. The second-order valence-corrected chi connectivity index (χ2v) is 6.29. The molecule has 0 saturated heterocycles. The second-order valence-electron chi connectivity index (χ2n) is 6.29. The van der Waals surface area contributed by atoms with Crippen molar-refractivity contribution in [1.82, 2.24) is 5.32 Å². The van der Waals surface area contributed by atoms with Gasteiger partial charge in [0, 0.05) is 6.04 Å². The number of hydrogen-bond acceptors (Lipinski definition) is 3. The molecule has 0 radical (unpaired) electrons. The minimum atomic E-state index is -0.238. The Hall–Kier alpha value is -1.35. The lowest BCUT2D eigenvalue weighted by Gasteiger charge is -2.29. The Labute approximate surface area is 129 Å². The number of ether oxygens (including phenoxy) is 1. The lowest BCUT2D eigenvalue weighted by molar-refractivity contribution is -0.144. The number of nitrogens with one attached hydrogen (secondary N) is 1. The van der Waals surface area contributed by atoms with Gasteiger partial charge < -0.3 is 10.1 Å². The smallest absolute Gasteiger partial charge is 0.323 e. The Bertz CT molecular complexity index is 414. The Balaban J connectivity index is 2.66. The first kappa shape index (κ1) is 17.7. The minimum Gasteiger partial charge on any atom is -0.468 e. The molecule has 0 aromatic heterocycles. The molecule has 0 aliphatic heterocycles. The summed E-state index contributed by atoms with van der Waals surface area (Å²) in [5.74, 6) is 0.519. The maximum atomic E-state index is 11.9. The van der Waals surface area contributed by atoms with Gasteiger partial charge >= 0.3 is 5.97 Å². The van der Waals surface area contributed by atoms with E-state index in [4.69, 9.17) is 4.74 Å². The highest BCUT2D eigenvalue weighted by atomic mass is 16.5. The third-order valence-corrected chi connectivity index (χ3v) is 3.91. The van der Waals surface area contributed by atoms with Gasteiger partial charge in [0.1, 0.15) is 6.04 Å². The highest BCUT2D eigenvalue weighted by Crippen LogP contribution is 2.14. The van der Waals surface area contributed by atoms with Crippen molar-refractivity contribution in [3.05, 3.63) is 35.9 Å². The molecule has 0 bridgehead atoms. The summed E-state index contributed by atoms with van der Waals surface area (Å²) < 4.78 is 4.92. The zero-order valence-electron chi connectivity index (χ0n) is 13.9. The molecular formula is C18H29NO2. The fourth-order valence-corrected chi connectivity index (χ4v) is 2.47. The predicted molar refractivity (Wildman–Crippen MR) is 87.2 cm³/mol. The van der Waals surface area contributed by atoms with Crippen LogP contribution in [-0.2, 0) is 16.0 Å². The summed E-state index contributed by atoms with van der Waals surface area (Å²) in [7, 11) is 1.45. The summed E-state index contributed by atoms with van der Waals surface area (Å²) in [5, 5.41) is 3.50. The molecule has 1 N–H and O–H groups in total. The van der Waals surface area contributed by atoms with Crippen LogP contribution in [-0.4, -0.2) is 25.2 Å². The van der Waals surface area contributed by atoms with Crippen molar-refractivity contribution in [2.45, 2.75) is 52.6 Å². The van der Waals surface area contributed by atoms with Crippen molar-refractivity contribution < 1.29 is 9.53 Å². The number of benzene rings is 1. The van der Waals surface area contributed by atoms with Gasteiger partial charge in [-0.2, -0.15) is 0 Å². The normalized spacial score (nSPS) is 14.2. The van der Waals surface area contributed by atoms with E-state index >= 15 is 0 Å². The quantitative estimate of drug-likeness (QED) is 0.746. The summed E-state index contributed by atoms with van der Waals surface area (Å²) in [6.45, 7) is 8.47. The second kappa shape index (κ2) is 8.83. The van der Waals surface area contributed by atoms with Gasteiger partial charge in [-0.1, -0.05) is 58.0 Å². The topological polar surface area (TPSA) is 38.3 Å². The van der Waals surface area contributed by atoms with Crippen molar-refractivity contribution in [1.29, 1.82) is 0 Å². The molecule has 0 aliphatic rings. The summed E-state index contributed by atoms with van der Waals surface area (Å²) in [4.78, 5) is 11.9. The van der Waals surface area contributed by atoms with E-state index in [1.807, 2.05) is 19.9 Å². The molecule has 0 aliphatic carbocycles. The lowest BCUT2D eigenvalue weighted by atomic mass is 9.94. The highest BCUT2D eigenvalue weighted by molar-refractivity contribution is 5.75. The molecule has 0 amide bonds. The van der Waals surface area contributed by atoms with E-state index in [0.29, 0.717) is 12.0 Å². The van der Waals surface area contributed by atoms with E-state index in [1.54, 1.807) is 0 Å². The molecular weight excluding hydrogens is 262 g/mol. The standard InChI is InChI=1S/C18H29NO2/c1-13(2)16(12-11-15-9-7-6-8-10-15)19-17(14(3)4)18(20)21-5/h6-10,13-14,16-17,19H,11-12H2,1-5H3/t16?,17-/m0/s1. The van der Waals surface area contributed by atoms with Gasteiger partial charge in [0.2, 0.25) is 0 Å². The average Bonchev–Trinajstić information content (AvgIpc) is 2.47. The zero-order chi connectivity index (χ0) is 15.8. The van der Waals surface area contributed by atoms with Crippen molar-refractivity contribution in [3.63, 3.8) is 0 Å². The first-order valence-corrected chi connectivity index (χ1v) is 7.83. The molecule has 0 spiro atoms. The summed E-state index contributed by atoms with van der Waals surface area (Å²) in [6, 6.07) is 10.5. The van der Waals surface area contributed by atoms with Crippen LogP contribution in [0, 0.1) is 11.8 Å². The minimum absolute atomic E-state index is 0.171. The van der Waals surface area contributed by atoms with Crippen molar-refractivity contribution >= 4 is 5.97 Å². The van der Waals surface area contributed by atoms with Crippen LogP contribution in [0.3, 0.4) is 0 Å². The molecule has 1 aromatic carbocycles. The van der Waals surface area contributed by atoms with Crippen LogP contribution in [0.25, 0.3) is 0 Å². The van der Waals surface area contributed by atoms with Crippen LogP contribution in [0.4, 0.5) is 0 Å². The molecule has 2 atom stereocenters. The van der Waals surface area contributed by atoms with Gasteiger partial charge in [0.05, 0.1) is 7.11 Å². The average molecular weight is 291 g/mol. The summed E-state index contributed by atoms with van der Waals surface area (Å²) in [5.41, 5.74) is 1.34. The summed E-state index contributed by atoms with van der Waals surface area (Å²) >= 11 is 0. The van der Waals surface area contributed by atoms with Crippen LogP contribution in [0.15, 0.2) is 30.3 Å². The van der Waals surface area contributed by atoms with E-state index in [1.165, 1.54) is 12.7 Å². The molecule has 3 heteroatoms. The predicted octanol–water partition coefficient (Wildman–Crippen LogP) is 3.43. The molecule has 3 nitrogen and oxygen atoms in total. The first-order valence-electron chi connectivity index (χ1n) is 7.83. The van der Waals surface area contributed by atoms with E-state index < -0.39 is 0 Å². The fourth-order valence-electron chi connectivity index (χ4n) is 2.47. The van der Waals surface area contributed by atoms with Gasteiger partial charge in [-0.05, 0) is 30.2 Å². The third-order valence-electron chi connectivity index (χ3n) is 3.91. The van der Waals surface area contributed by atoms with Crippen LogP contribution in [0.2, 0.25) is 0 Å². The van der Waals surface area contributed by atoms with E-state index in [9.17, 15) is 4.79 Å². The Morgan fingerprint density at radius 1 is 1.10 bits per heavy atom. The molecule has 1 rings (SSSR count).